The van der Waals surface area contributed by atoms with E-state index >= 15 is 0 Å². The molecule has 1 amide bonds. The van der Waals surface area contributed by atoms with E-state index in [0.29, 0.717) is 6.54 Å². The molecule has 0 aliphatic rings. The lowest BCUT2D eigenvalue weighted by Crippen LogP contribution is -2.46. The normalized spacial score (nSPS) is 13.2. The molecule has 0 aliphatic carbocycles. The highest BCUT2D eigenvalue weighted by Crippen LogP contribution is 2.12. The maximum Gasteiger partial charge on any atom is 0.239 e. The lowest BCUT2D eigenvalue weighted by molar-refractivity contribution is -0.132. The molecule has 0 bridgehead atoms. The number of rotatable bonds is 6. The van der Waals surface area contributed by atoms with Crippen LogP contribution in [0.5, 0.6) is 0 Å². The van der Waals surface area contributed by atoms with Crippen LogP contribution >= 0.6 is 28.3 Å². The highest BCUT2D eigenvalue weighted by molar-refractivity contribution is 9.10. The van der Waals surface area contributed by atoms with Gasteiger partial charge in [0.15, 0.2) is 0 Å². The summed E-state index contributed by atoms with van der Waals surface area (Å²) in [5, 5.41) is 0. The lowest BCUT2D eigenvalue weighted by Gasteiger charge is -2.24. The van der Waals surface area contributed by atoms with E-state index in [1.54, 1.807) is 4.90 Å². The van der Waals surface area contributed by atoms with E-state index in [1.165, 1.54) is 5.56 Å². The molecule has 0 fully saturated rings. The number of nitrogens with two attached hydrogens (primary N) is 1. The van der Waals surface area contributed by atoms with Crippen LogP contribution < -0.4 is 5.73 Å². The van der Waals surface area contributed by atoms with Crippen LogP contribution in [0.15, 0.2) is 28.7 Å². The molecule has 0 radical (unpaired) electrons. The topological polar surface area (TPSA) is 46.3 Å². The average molecular weight is 364 g/mol. The molecule has 2 atom stereocenters. The van der Waals surface area contributed by atoms with Gasteiger partial charge >= 0.3 is 0 Å². The first-order chi connectivity index (χ1) is 8.95. The molecule has 20 heavy (non-hydrogen) atoms. The summed E-state index contributed by atoms with van der Waals surface area (Å²) < 4.78 is 1.07. The molecule has 2 N–H and O–H groups in total. The van der Waals surface area contributed by atoms with Crippen LogP contribution in [-0.4, -0.2) is 30.4 Å². The summed E-state index contributed by atoms with van der Waals surface area (Å²) in [6, 6.07) is 7.78. The summed E-state index contributed by atoms with van der Waals surface area (Å²) >= 11 is 3.41. The third-order valence-corrected chi connectivity index (χ3v) is 4.10. The molecule has 0 spiro atoms. The second-order valence-electron chi connectivity index (χ2n) is 5.05. The van der Waals surface area contributed by atoms with E-state index in [-0.39, 0.29) is 30.3 Å². The first-order valence-corrected chi connectivity index (χ1v) is 7.50. The molecule has 114 valence electrons. The van der Waals surface area contributed by atoms with Gasteiger partial charge in [0, 0.05) is 18.1 Å². The number of nitrogens with zero attached hydrogens (tertiary/aromatic N) is 1. The van der Waals surface area contributed by atoms with Crippen molar-refractivity contribution >= 4 is 34.2 Å². The summed E-state index contributed by atoms with van der Waals surface area (Å²) in [4.78, 5) is 13.8. The van der Waals surface area contributed by atoms with Gasteiger partial charge in [-0.1, -0.05) is 48.3 Å². The predicted octanol–water partition coefficient (Wildman–Crippen LogP) is 3.25. The zero-order valence-corrected chi connectivity index (χ0v) is 14.7. The van der Waals surface area contributed by atoms with Gasteiger partial charge in [-0.3, -0.25) is 4.79 Å². The van der Waals surface area contributed by atoms with Gasteiger partial charge in [0.05, 0.1) is 6.04 Å². The Kier molecular flexibility index (Phi) is 9.10. The molecule has 3 nitrogen and oxygen atoms in total. The number of benzene rings is 1. The minimum Gasteiger partial charge on any atom is -0.344 e. The van der Waals surface area contributed by atoms with Gasteiger partial charge in [-0.25, -0.2) is 0 Å². The van der Waals surface area contributed by atoms with Crippen molar-refractivity contribution in [1.29, 1.82) is 0 Å². The Bertz CT molecular complexity index is 411. The van der Waals surface area contributed by atoms with Crippen LogP contribution in [0.25, 0.3) is 0 Å². The largest absolute Gasteiger partial charge is 0.344 e. The van der Waals surface area contributed by atoms with Crippen LogP contribution in [0.1, 0.15) is 25.8 Å². The number of likely N-dealkylation sites (N-methyl/N-ethyl adjacent to an activating group) is 1. The van der Waals surface area contributed by atoms with Crippen LogP contribution in [0.3, 0.4) is 0 Å². The molecular weight excluding hydrogens is 340 g/mol. The minimum atomic E-state index is -0.389. The van der Waals surface area contributed by atoms with Crippen LogP contribution in [0.4, 0.5) is 0 Å². The van der Waals surface area contributed by atoms with E-state index in [9.17, 15) is 4.79 Å². The van der Waals surface area contributed by atoms with Gasteiger partial charge in [0.1, 0.15) is 0 Å². The summed E-state index contributed by atoms with van der Waals surface area (Å²) in [5.41, 5.74) is 7.19. The fourth-order valence-corrected chi connectivity index (χ4v) is 2.07. The molecule has 1 aromatic carbocycles. The zero-order valence-electron chi connectivity index (χ0n) is 12.3. The Morgan fingerprint density at radius 3 is 2.40 bits per heavy atom. The van der Waals surface area contributed by atoms with Gasteiger partial charge in [-0.2, -0.15) is 0 Å². The highest BCUT2D eigenvalue weighted by atomic mass is 79.9. The predicted molar refractivity (Wildman–Crippen MR) is 90.2 cm³/mol. The zero-order chi connectivity index (χ0) is 14.4. The minimum absolute atomic E-state index is 0. The fraction of sp³-hybridized carbons (Fsp3) is 0.533. The summed E-state index contributed by atoms with van der Waals surface area (Å²) in [7, 11) is 1.82. The Morgan fingerprint density at radius 1 is 1.35 bits per heavy atom. The van der Waals surface area contributed by atoms with Crippen LogP contribution in [0.2, 0.25) is 0 Å². The number of amides is 1. The van der Waals surface area contributed by atoms with Crippen molar-refractivity contribution in [3.8, 4) is 0 Å². The van der Waals surface area contributed by atoms with Gasteiger partial charge in [-0.15, -0.1) is 12.4 Å². The average Bonchev–Trinajstić information content (AvgIpc) is 2.43. The SMILES string of the molecule is CCC(C)C(N)C(=O)N(C)CCc1ccc(Br)cc1.Cl. The molecule has 1 aromatic rings. The molecule has 2 unspecified atom stereocenters. The third-order valence-electron chi connectivity index (χ3n) is 3.57. The first-order valence-electron chi connectivity index (χ1n) is 6.70. The Balaban J connectivity index is 0.00000361. The summed E-state index contributed by atoms with van der Waals surface area (Å²) in [6.07, 6.45) is 1.77. The van der Waals surface area contributed by atoms with Crippen LogP contribution in [-0.2, 0) is 11.2 Å². The van der Waals surface area contributed by atoms with E-state index in [1.807, 2.05) is 26.1 Å². The van der Waals surface area contributed by atoms with Gasteiger partial charge in [0.25, 0.3) is 0 Å². The molecule has 0 heterocycles. The van der Waals surface area contributed by atoms with Crippen molar-refractivity contribution in [1.82, 2.24) is 4.90 Å². The van der Waals surface area contributed by atoms with Crippen molar-refractivity contribution in [2.45, 2.75) is 32.7 Å². The van der Waals surface area contributed by atoms with Gasteiger partial charge < -0.3 is 10.6 Å². The Morgan fingerprint density at radius 2 is 1.90 bits per heavy atom. The molecule has 1 rings (SSSR count). The molecule has 0 saturated carbocycles. The number of carbonyl (C=O) groups is 1. The Labute approximate surface area is 136 Å². The summed E-state index contributed by atoms with van der Waals surface area (Å²) in [5.74, 6) is 0.258. The quantitative estimate of drug-likeness (QED) is 0.843. The van der Waals surface area contributed by atoms with E-state index in [4.69, 9.17) is 5.73 Å². The van der Waals surface area contributed by atoms with Crippen molar-refractivity contribution in [2.24, 2.45) is 11.7 Å². The molecular formula is C15H24BrClN2O. The van der Waals surface area contributed by atoms with Crippen molar-refractivity contribution in [3.05, 3.63) is 34.3 Å². The maximum absolute atomic E-state index is 12.1. The molecule has 5 heteroatoms. The van der Waals surface area contributed by atoms with Crippen molar-refractivity contribution in [2.75, 3.05) is 13.6 Å². The smallest absolute Gasteiger partial charge is 0.239 e. The molecule has 0 saturated heterocycles. The van der Waals surface area contributed by atoms with Gasteiger partial charge in [-0.05, 0) is 30.0 Å². The van der Waals surface area contributed by atoms with Crippen molar-refractivity contribution < 1.29 is 4.79 Å². The second kappa shape index (κ2) is 9.37. The third kappa shape index (κ3) is 5.81. The fourth-order valence-electron chi connectivity index (χ4n) is 1.81. The van der Waals surface area contributed by atoms with E-state index < -0.39 is 0 Å². The summed E-state index contributed by atoms with van der Waals surface area (Å²) in [6.45, 7) is 4.77. The number of halogens is 2. The van der Waals surface area contributed by atoms with Gasteiger partial charge in [0.2, 0.25) is 5.91 Å². The highest BCUT2D eigenvalue weighted by Gasteiger charge is 2.22. The number of carbonyl (C=O) groups excluding carboxylic acids is 1. The molecule has 0 aromatic heterocycles. The van der Waals surface area contributed by atoms with E-state index in [0.717, 1.165) is 17.3 Å². The Hall–Kier alpha value is -0.580. The number of hydrogen-bond acceptors (Lipinski definition) is 2. The monoisotopic (exact) mass is 362 g/mol. The standard InChI is InChI=1S/C15H23BrN2O.ClH/c1-4-11(2)14(17)15(19)18(3)10-9-12-5-7-13(16)8-6-12;/h5-8,11,14H,4,9-10,17H2,1-3H3;1H. The second-order valence-corrected chi connectivity index (χ2v) is 5.96. The molecule has 0 aliphatic heterocycles. The number of hydrogen-bond donors (Lipinski definition) is 1. The van der Waals surface area contributed by atoms with Crippen molar-refractivity contribution in [3.63, 3.8) is 0 Å². The van der Waals surface area contributed by atoms with Crippen LogP contribution in [0, 0.1) is 5.92 Å². The first kappa shape index (κ1) is 19.4. The lowest BCUT2D eigenvalue weighted by atomic mass is 9.99. The van der Waals surface area contributed by atoms with E-state index in [2.05, 4.69) is 35.0 Å². The maximum atomic E-state index is 12.1.